The van der Waals surface area contributed by atoms with Crippen LogP contribution in [0.1, 0.15) is 38.2 Å². The molecular weight excluding hydrogens is 378 g/mol. The number of hydrogen-bond acceptors (Lipinski definition) is 6. The summed E-state index contributed by atoms with van der Waals surface area (Å²) in [4.78, 5) is 18.2. The lowest BCUT2D eigenvalue weighted by Gasteiger charge is -2.13. The second kappa shape index (κ2) is 14.4. The maximum Gasteiger partial charge on any atom is 0.414 e. The highest BCUT2D eigenvalue weighted by atomic mass is 16.5. The van der Waals surface area contributed by atoms with E-state index in [1.165, 1.54) is 25.7 Å². The summed E-state index contributed by atoms with van der Waals surface area (Å²) < 4.78 is 16.7. The van der Waals surface area contributed by atoms with Gasteiger partial charge < -0.3 is 29.7 Å². The zero-order chi connectivity index (χ0) is 21.5. The number of allylic oxidation sites excluding steroid dienone is 1. The Morgan fingerprint density at radius 3 is 2.38 bits per heavy atom. The predicted octanol–water partition coefficient (Wildman–Crippen LogP) is 2.81. The molecule has 0 saturated heterocycles. The lowest BCUT2D eigenvalue weighted by molar-refractivity contribution is -0.159. The molecule has 2 rings (SSSR count). The Morgan fingerprint density at radius 2 is 1.79 bits per heavy atom. The smallest absolute Gasteiger partial charge is 0.414 e. The summed E-state index contributed by atoms with van der Waals surface area (Å²) in [5, 5.41) is 18.3. The van der Waals surface area contributed by atoms with Crippen LogP contribution in [0, 0.1) is 0 Å². The molecular formula is C21H31NO7. The summed E-state index contributed by atoms with van der Waals surface area (Å²) in [7, 11) is 1.66. The van der Waals surface area contributed by atoms with Gasteiger partial charge in [0.05, 0.1) is 20.3 Å². The van der Waals surface area contributed by atoms with E-state index in [9.17, 15) is 0 Å². The summed E-state index contributed by atoms with van der Waals surface area (Å²) in [5.74, 6) is -2.14. The molecule has 0 spiro atoms. The van der Waals surface area contributed by atoms with Crippen molar-refractivity contribution < 1.29 is 34.0 Å². The first kappa shape index (κ1) is 24.5. The van der Waals surface area contributed by atoms with Crippen molar-refractivity contribution in [3.05, 3.63) is 29.8 Å². The highest BCUT2D eigenvalue weighted by Crippen LogP contribution is 2.28. The van der Waals surface area contributed by atoms with Gasteiger partial charge in [0.1, 0.15) is 6.61 Å². The minimum absolute atomic E-state index is 0.531. The van der Waals surface area contributed by atoms with Gasteiger partial charge in [-0.2, -0.15) is 0 Å². The molecule has 1 saturated carbocycles. The van der Waals surface area contributed by atoms with Gasteiger partial charge in [-0.3, -0.25) is 0 Å². The number of carboxylic acids is 2. The third-order valence-electron chi connectivity index (χ3n) is 4.25. The van der Waals surface area contributed by atoms with Crippen molar-refractivity contribution in [3.63, 3.8) is 0 Å². The van der Waals surface area contributed by atoms with E-state index in [4.69, 9.17) is 34.0 Å². The van der Waals surface area contributed by atoms with Gasteiger partial charge in [-0.15, -0.1) is 0 Å². The first-order valence-corrected chi connectivity index (χ1v) is 9.68. The summed E-state index contributed by atoms with van der Waals surface area (Å²) >= 11 is 0. The number of rotatable bonds is 10. The Kier molecular flexibility index (Phi) is 12.2. The minimum atomic E-state index is -1.82. The van der Waals surface area contributed by atoms with E-state index in [2.05, 4.69) is 5.32 Å². The van der Waals surface area contributed by atoms with Crippen molar-refractivity contribution in [2.75, 3.05) is 33.5 Å². The van der Waals surface area contributed by atoms with Gasteiger partial charge in [0.2, 0.25) is 0 Å². The van der Waals surface area contributed by atoms with E-state index in [0.29, 0.717) is 19.3 Å². The highest BCUT2D eigenvalue weighted by Gasteiger charge is 2.13. The number of carboxylic acid groups (broad SMARTS) is 2. The average molecular weight is 409 g/mol. The Hall–Kier alpha value is -2.58. The lowest BCUT2D eigenvalue weighted by Crippen LogP contribution is -2.29. The standard InChI is InChI=1S/C19H29NO3.C2H2O4/c1-3-6-16-9-10-18(19(15-16)21-2)23-14-13-22-12-11-20-17-7-4-5-8-17;3-1(4)2(5)6/h3,6,9-10,15,17,20H,4-5,7-8,11-14H2,1-2H3;(H,3,4)(H,5,6). The summed E-state index contributed by atoms with van der Waals surface area (Å²) in [6, 6.07) is 6.64. The van der Waals surface area contributed by atoms with Crippen molar-refractivity contribution in [3.8, 4) is 11.5 Å². The van der Waals surface area contributed by atoms with Gasteiger partial charge in [-0.25, -0.2) is 9.59 Å². The third kappa shape index (κ3) is 10.5. The van der Waals surface area contributed by atoms with Crippen LogP contribution in [0.4, 0.5) is 0 Å². The molecule has 0 atom stereocenters. The molecule has 1 fully saturated rings. The molecule has 162 valence electrons. The number of ether oxygens (including phenoxy) is 3. The Balaban J connectivity index is 0.000000612. The molecule has 1 aromatic carbocycles. The Morgan fingerprint density at radius 1 is 1.10 bits per heavy atom. The Labute approximate surface area is 171 Å². The first-order valence-electron chi connectivity index (χ1n) is 9.68. The molecule has 0 aromatic heterocycles. The molecule has 0 heterocycles. The molecule has 8 nitrogen and oxygen atoms in total. The molecule has 1 aromatic rings. The van der Waals surface area contributed by atoms with Crippen molar-refractivity contribution in [1.82, 2.24) is 5.32 Å². The fraction of sp³-hybridized carbons (Fsp3) is 0.524. The number of carbonyl (C=O) groups is 2. The monoisotopic (exact) mass is 409 g/mol. The summed E-state index contributed by atoms with van der Waals surface area (Å²) in [6.07, 6.45) is 9.38. The molecule has 1 aliphatic rings. The van der Waals surface area contributed by atoms with Crippen molar-refractivity contribution in [1.29, 1.82) is 0 Å². The first-order chi connectivity index (χ1) is 14.0. The van der Waals surface area contributed by atoms with E-state index >= 15 is 0 Å². The highest BCUT2D eigenvalue weighted by molar-refractivity contribution is 6.27. The molecule has 8 heteroatoms. The normalized spacial score (nSPS) is 13.7. The molecule has 0 aliphatic heterocycles. The largest absolute Gasteiger partial charge is 0.493 e. The molecule has 0 bridgehead atoms. The van der Waals surface area contributed by atoms with E-state index in [1.807, 2.05) is 37.3 Å². The van der Waals surface area contributed by atoms with Crippen LogP contribution in [0.5, 0.6) is 11.5 Å². The Bertz CT molecular complexity index is 642. The van der Waals surface area contributed by atoms with Crippen LogP contribution in [-0.4, -0.2) is 61.7 Å². The van der Waals surface area contributed by atoms with Crippen LogP contribution in [-0.2, 0) is 14.3 Å². The zero-order valence-electron chi connectivity index (χ0n) is 17.1. The quantitative estimate of drug-likeness (QED) is 0.399. The lowest BCUT2D eigenvalue weighted by atomic mass is 10.2. The number of aliphatic carboxylic acids is 2. The molecule has 1 aliphatic carbocycles. The maximum absolute atomic E-state index is 9.10. The number of hydrogen-bond donors (Lipinski definition) is 3. The van der Waals surface area contributed by atoms with Gasteiger partial charge in [0.15, 0.2) is 11.5 Å². The van der Waals surface area contributed by atoms with Crippen molar-refractivity contribution in [2.45, 2.75) is 38.6 Å². The fourth-order valence-electron chi connectivity index (χ4n) is 2.88. The molecule has 3 N–H and O–H groups in total. The van der Waals surface area contributed by atoms with Crippen molar-refractivity contribution in [2.24, 2.45) is 0 Å². The van der Waals surface area contributed by atoms with E-state index < -0.39 is 11.9 Å². The van der Waals surface area contributed by atoms with Gasteiger partial charge in [0, 0.05) is 12.6 Å². The van der Waals surface area contributed by atoms with Gasteiger partial charge in [0.25, 0.3) is 0 Å². The van der Waals surface area contributed by atoms with Crippen LogP contribution in [0.25, 0.3) is 6.08 Å². The second-order valence-electron chi connectivity index (χ2n) is 6.42. The number of benzene rings is 1. The number of methoxy groups -OCH3 is 1. The van der Waals surface area contributed by atoms with Gasteiger partial charge >= 0.3 is 11.9 Å². The third-order valence-corrected chi connectivity index (χ3v) is 4.25. The minimum Gasteiger partial charge on any atom is -0.493 e. The summed E-state index contributed by atoms with van der Waals surface area (Å²) in [6.45, 7) is 4.77. The number of nitrogens with one attached hydrogen (secondary N) is 1. The zero-order valence-corrected chi connectivity index (χ0v) is 17.1. The van der Waals surface area contributed by atoms with Gasteiger partial charge in [-0.1, -0.05) is 31.1 Å². The average Bonchev–Trinajstić information content (AvgIpc) is 3.22. The van der Waals surface area contributed by atoms with Crippen LogP contribution in [0.15, 0.2) is 24.3 Å². The summed E-state index contributed by atoms with van der Waals surface area (Å²) in [5.41, 5.74) is 1.10. The topological polar surface area (TPSA) is 114 Å². The van der Waals surface area contributed by atoms with Gasteiger partial charge in [-0.05, 0) is 37.5 Å². The van der Waals surface area contributed by atoms with Crippen LogP contribution >= 0.6 is 0 Å². The molecule has 0 radical (unpaired) electrons. The molecule has 0 amide bonds. The SMILES string of the molecule is CC=Cc1ccc(OCCOCCNC2CCCC2)c(OC)c1.O=C(O)C(=O)O. The fourth-order valence-corrected chi connectivity index (χ4v) is 2.88. The van der Waals surface area contributed by atoms with Crippen molar-refractivity contribution >= 4 is 18.0 Å². The molecule has 0 unspecified atom stereocenters. The maximum atomic E-state index is 9.10. The molecule has 29 heavy (non-hydrogen) atoms. The van der Waals surface area contributed by atoms with Crippen LogP contribution in [0.3, 0.4) is 0 Å². The van der Waals surface area contributed by atoms with E-state index in [1.54, 1.807) is 7.11 Å². The van der Waals surface area contributed by atoms with E-state index in [-0.39, 0.29) is 0 Å². The van der Waals surface area contributed by atoms with Crippen LogP contribution in [0.2, 0.25) is 0 Å². The predicted molar refractivity (Wildman–Crippen MR) is 110 cm³/mol. The second-order valence-corrected chi connectivity index (χ2v) is 6.42. The van der Waals surface area contributed by atoms with E-state index in [0.717, 1.165) is 30.2 Å². The van der Waals surface area contributed by atoms with Crippen LogP contribution < -0.4 is 14.8 Å².